The van der Waals surface area contributed by atoms with Crippen molar-refractivity contribution in [1.29, 1.82) is 0 Å². The van der Waals surface area contributed by atoms with Crippen molar-refractivity contribution in [3.05, 3.63) is 44.6 Å². The molecule has 1 aromatic carbocycles. The number of aromatic nitrogens is 2. The molecule has 5 heteroatoms. The Balaban J connectivity index is 2.21. The highest BCUT2D eigenvalue weighted by Gasteiger charge is 2.12. The van der Waals surface area contributed by atoms with Gasteiger partial charge in [0.2, 0.25) is 0 Å². The van der Waals surface area contributed by atoms with Gasteiger partial charge < -0.3 is 5.32 Å². The van der Waals surface area contributed by atoms with Crippen molar-refractivity contribution in [2.45, 2.75) is 33.9 Å². The van der Waals surface area contributed by atoms with Crippen molar-refractivity contribution in [3.8, 4) is 0 Å². The van der Waals surface area contributed by atoms with Crippen molar-refractivity contribution in [2.75, 3.05) is 5.32 Å². The summed E-state index contributed by atoms with van der Waals surface area (Å²) in [5, 5.41) is 8.57. The van der Waals surface area contributed by atoms with Gasteiger partial charge in [0.1, 0.15) is 0 Å². The number of nitrogens with one attached hydrogen (secondary N) is 1. The summed E-state index contributed by atoms with van der Waals surface area (Å²) in [6.45, 7) is 7.55. The van der Waals surface area contributed by atoms with Gasteiger partial charge in [0, 0.05) is 16.7 Å². The molecule has 0 radical (unpaired) electrons. The molecule has 0 saturated carbocycles. The maximum Gasteiger partial charge on any atom is 0.0865 e. The number of anilines is 1. The molecule has 0 amide bonds. The Kier molecular flexibility index (Phi) is 4.53. The van der Waals surface area contributed by atoms with Gasteiger partial charge in [0.25, 0.3) is 0 Å². The summed E-state index contributed by atoms with van der Waals surface area (Å²) in [5.41, 5.74) is 4.19. The standard InChI is InChI=1S/C14H17BrClN3/c1-4-19-13(14(16)10(3)18-19)8-17-12-7-9(2)5-6-11(12)15/h5-7,17H,4,8H2,1-3H3. The van der Waals surface area contributed by atoms with Crippen LogP contribution in [-0.4, -0.2) is 9.78 Å². The fraction of sp³-hybridized carbons (Fsp3) is 0.357. The van der Waals surface area contributed by atoms with Crippen LogP contribution in [0.4, 0.5) is 5.69 Å². The minimum absolute atomic E-state index is 0.662. The van der Waals surface area contributed by atoms with E-state index in [0.717, 1.165) is 33.1 Å². The quantitative estimate of drug-likeness (QED) is 0.883. The molecule has 0 unspecified atom stereocenters. The topological polar surface area (TPSA) is 29.9 Å². The van der Waals surface area contributed by atoms with E-state index in [9.17, 15) is 0 Å². The van der Waals surface area contributed by atoms with Crippen LogP contribution >= 0.6 is 27.5 Å². The number of benzene rings is 1. The van der Waals surface area contributed by atoms with E-state index >= 15 is 0 Å². The number of hydrogen-bond acceptors (Lipinski definition) is 2. The van der Waals surface area contributed by atoms with Gasteiger partial charge in [0.15, 0.2) is 0 Å². The predicted molar refractivity (Wildman–Crippen MR) is 83.9 cm³/mol. The lowest BCUT2D eigenvalue weighted by Crippen LogP contribution is -2.08. The highest BCUT2D eigenvalue weighted by atomic mass is 79.9. The van der Waals surface area contributed by atoms with Crippen LogP contribution in [0.15, 0.2) is 22.7 Å². The molecule has 1 heterocycles. The first-order valence-corrected chi connectivity index (χ1v) is 7.41. The zero-order chi connectivity index (χ0) is 14.0. The summed E-state index contributed by atoms with van der Waals surface area (Å²) in [4.78, 5) is 0. The predicted octanol–water partition coefficient (Wildman–Crippen LogP) is 4.55. The van der Waals surface area contributed by atoms with Gasteiger partial charge in [0.05, 0.1) is 23.0 Å². The van der Waals surface area contributed by atoms with Crippen LogP contribution in [0.5, 0.6) is 0 Å². The minimum atomic E-state index is 0.662. The van der Waals surface area contributed by atoms with E-state index in [4.69, 9.17) is 11.6 Å². The van der Waals surface area contributed by atoms with Gasteiger partial charge in [-0.3, -0.25) is 4.68 Å². The van der Waals surface area contributed by atoms with E-state index in [1.165, 1.54) is 5.56 Å². The molecule has 1 N–H and O–H groups in total. The van der Waals surface area contributed by atoms with E-state index < -0.39 is 0 Å². The average molecular weight is 343 g/mol. The van der Waals surface area contributed by atoms with Crippen molar-refractivity contribution in [3.63, 3.8) is 0 Å². The second kappa shape index (κ2) is 5.97. The summed E-state index contributed by atoms with van der Waals surface area (Å²) in [6, 6.07) is 6.22. The molecule has 102 valence electrons. The lowest BCUT2D eigenvalue weighted by molar-refractivity contribution is 0.623. The van der Waals surface area contributed by atoms with E-state index in [1.807, 2.05) is 17.7 Å². The molecule has 3 nitrogen and oxygen atoms in total. The Labute approximate surface area is 127 Å². The van der Waals surface area contributed by atoms with E-state index in [-0.39, 0.29) is 0 Å². The summed E-state index contributed by atoms with van der Waals surface area (Å²) in [7, 11) is 0. The first-order valence-electron chi connectivity index (χ1n) is 6.24. The van der Waals surface area contributed by atoms with Gasteiger partial charge in [-0.2, -0.15) is 5.10 Å². The molecule has 0 aliphatic carbocycles. The fourth-order valence-electron chi connectivity index (χ4n) is 1.99. The molecule has 0 saturated heterocycles. The van der Waals surface area contributed by atoms with Crippen molar-refractivity contribution in [1.82, 2.24) is 9.78 Å². The zero-order valence-electron chi connectivity index (χ0n) is 11.3. The Hall–Kier alpha value is -1.000. The van der Waals surface area contributed by atoms with Crippen LogP contribution in [0.2, 0.25) is 5.02 Å². The molecule has 0 spiro atoms. The van der Waals surface area contributed by atoms with Crippen LogP contribution < -0.4 is 5.32 Å². The van der Waals surface area contributed by atoms with Crippen LogP contribution in [0, 0.1) is 13.8 Å². The number of hydrogen-bond donors (Lipinski definition) is 1. The normalized spacial score (nSPS) is 10.8. The highest BCUT2D eigenvalue weighted by molar-refractivity contribution is 9.10. The number of nitrogens with zero attached hydrogens (tertiary/aromatic N) is 2. The third-order valence-corrected chi connectivity index (χ3v) is 4.20. The second-order valence-corrected chi connectivity index (χ2v) is 5.73. The lowest BCUT2D eigenvalue weighted by Gasteiger charge is -2.11. The molecule has 2 rings (SSSR count). The van der Waals surface area contributed by atoms with Crippen LogP contribution in [0.25, 0.3) is 0 Å². The van der Waals surface area contributed by atoms with Gasteiger partial charge in [-0.1, -0.05) is 17.7 Å². The molecule has 19 heavy (non-hydrogen) atoms. The van der Waals surface area contributed by atoms with E-state index in [0.29, 0.717) is 6.54 Å². The van der Waals surface area contributed by atoms with Crippen molar-refractivity contribution >= 4 is 33.2 Å². The third kappa shape index (κ3) is 3.12. The van der Waals surface area contributed by atoms with E-state index in [1.54, 1.807) is 0 Å². The van der Waals surface area contributed by atoms with Crippen LogP contribution in [0.1, 0.15) is 23.9 Å². The zero-order valence-corrected chi connectivity index (χ0v) is 13.6. The molecule has 0 aliphatic rings. The molecular formula is C14H17BrClN3. The Morgan fingerprint density at radius 3 is 2.79 bits per heavy atom. The number of aryl methyl sites for hydroxylation is 3. The molecule has 1 aromatic heterocycles. The van der Waals surface area contributed by atoms with Gasteiger partial charge in [-0.05, 0) is 54.4 Å². The maximum atomic E-state index is 6.29. The van der Waals surface area contributed by atoms with Gasteiger partial charge in [-0.25, -0.2) is 0 Å². The molecule has 0 atom stereocenters. The Bertz CT molecular complexity index is 593. The van der Waals surface area contributed by atoms with Crippen LogP contribution in [-0.2, 0) is 13.1 Å². The SMILES string of the molecule is CCn1nc(C)c(Cl)c1CNc1cc(C)ccc1Br. The minimum Gasteiger partial charge on any atom is -0.378 e. The maximum absolute atomic E-state index is 6.29. The highest BCUT2D eigenvalue weighted by Crippen LogP contribution is 2.26. The van der Waals surface area contributed by atoms with Gasteiger partial charge in [-0.15, -0.1) is 0 Å². The lowest BCUT2D eigenvalue weighted by atomic mass is 10.2. The summed E-state index contributed by atoms with van der Waals surface area (Å²) in [6.07, 6.45) is 0. The average Bonchev–Trinajstić information content (AvgIpc) is 2.66. The Morgan fingerprint density at radius 2 is 2.11 bits per heavy atom. The fourth-order valence-corrected chi connectivity index (χ4v) is 2.58. The van der Waals surface area contributed by atoms with Gasteiger partial charge >= 0.3 is 0 Å². The summed E-state index contributed by atoms with van der Waals surface area (Å²) < 4.78 is 2.99. The summed E-state index contributed by atoms with van der Waals surface area (Å²) >= 11 is 9.84. The third-order valence-electron chi connectivity index (χ3n) is 3.02. The Morgan fingerprint density at radius 1 is 1.37 bits per heavy atom. The summed E-state index contributed by atoms with van der Waals surface area (Å²) in [5.74, 6) is 0. The largest absolute Gasteiger partial charge is 0.378 e. The number of halogens is 2. The molecule has 0 fully saturated rings. The second-order valence-electron chi connectivity index (χ2n) is 4.50. The monoisotopic (exact) mass is 341 g/mol. The number of rotatable bonds is 4. The first kappa shape index (κ1) is 14.4. The van der Waals surface area contributed by atoms with Crippen LogP contribution in [0.3, 0.4) is 0 Å². The molecule has 0 aliphatic heterocycles. The molecular weight excluding hydrogens is 326 g/mol. The first-order chi connectivity index (χ1) is 9.02. The molecule has 0 bridgehead atoms. The smallest absolute Gasteiger partial charge is 0.0865 e. The molecule has 2 aromatic rings. The van der Waals surface area contributed by atoms with Crippen molar-refractivity contribution < 1.29 is 0 Å². The van der Waals surface area contributed by atoms with Crippen molar-refractivity contribution in [2.24, 2.45) is 0 Å². The van der Waals surface area contributed by atoms with E-state index in [2.05, 4.69) is 52.3 Å².